The lowest BCUT2D eigenvalue weighted by Gasteiger charge is -2.17. The molecule has 1 atom stereocenters. The molecule has 3 aromatic rings. The summed E-state index contributed by atoms with van der Waals surface area (Å²) in [5.74, 6) is 0.728. The molecule has 122 valence electrons. The summed E-state index contributed by atoms with van der Waals surface area (Å²) in [6, 6.07) is 11.7. The van der Waals surface area contributed by atoms with E-state index in [1.807, 2.05) is 13.8 Å². The van der Waals surface area contributed by atoms with Gasteiger partial charge in [0.15, 0.2) is 0 Å². The molecule has 0 N–H and O–H groups in total. The van der Waals surface area contributed by atoms with Gasteiger partial charge in [0.05, 0.1) is 16.6 Å². The SMILES string of the molecule is CCC(C)c1nc2cc(N=O)ccc2c(=O)n1-c1ccc(Cl)cc1. The molecule has 0 aliphatic rings. The summed E-state index contributed by atoms with van der Waals surface area (Å²) in [5, 5.41) is 3.97. The number of fused-ring (bicyclic) bond motifs is 1. The number of aromatic nitrogens is 2. The van der Waals surface area contributed by atoms with Crippen LogP contribution in [-0.2, 0) is 0 Å². The van der Waals surface area contributed by atoms with Crippen LogP contribution in [0.15, 0.2) is 52.4 Å². The van der Waals surface area contributed by atoms with Crippen LogP contribution < -0.4 is 5.56 Å². The molecule has 24 heavy (non-hydrogen) atoms. The van der Waals surface area contributed by atoms with E-state index in [2.05, 4.69) is 10.2 Å². The minimum Gasteiger partial charge on any atom is -0.268 e. The van der Waals surface area contributed by atoms with Crippen molar-refractivity contribution in [3.05, 3.63) is 68.6 Å². The van der Waals surface area contributed by atoms with Crippen molar-refractivity contribution in [3.63, 3.8) is 0 Å². The number of rotatable bonds is 4. The number of halogens is 1. The third kappa shape index (κ3) is 2.83. The molecule has 0 spiro atoms. The van der Waals surface area contributed by atoms with Gasteiger partial charge in [-0.2, -0.15) is 0 Å². The Morgan fingerprint density at radius 1 is 1.21 bits per heavy atom. The Bertz CT molecular complexity index is 964. The van der Waals surface area contributed by atoms with Crippen molar-refractivity contribution in [2.45, 2.75) is 26.2 Å². The van der Waals surface area contributed by atoms with Crippen LogP contribution in [0.5, 0.6) is 0 Å². The summed E-state index contributed by atoms with van der Waals surface area (Å²) in [7, 11) is 0. The molecule has 1 heterocycles. The first-order chi connectivity index (χ1) is 11.5. The van der Waals surface area contributed by atoms with Crippen molar-refractivity contribution in [1.82, 2.24) is 9.55 Å². The van der Waals surface area contributed by atoms with E-state index < -0.39 is 0 Å². The Morgan fingerprint density at radius 2 is 1.92 bits per heavy atom. The van der Waals surface area contributed by atoms with Gasteiger partial charge in [-0.1, -0.05) is 25.4 Å². The third-order valence-corrected chi connectivity index (χ3v) is 4.37. The van der Waals surface area contributed by atoms with Crippen LogP contribution in [0, 0.1) is 4.91 Å². The molecule has 0 amide bonds. The predicted molar refractivity (Wildman–Crippen MR) is 96.5 cm³/mol. The first-order valence-electron chi connectivity index (χ1n) is 7.71. The van der Waals surface area contributed by atoms with Crippen molar-refractivity contribution < 1.29 is 0 Å². The fourth-order valence-electron chi connectivity index (χ4n) is 2.60. The smallest absolute Gasteiger partial charge is 0.265 e. The van der Waals surface area contributed by atoms with Crippen LogP contribution in [0.25, 0.3) is 16.6 Å². The van der Waals surface area contributed by atoms with Crippen LogP contribution in [0.3, 0.4) is 0 Å². The first-order valence-corrected chi connectivity index (χ1v) is 8.09. The van der Waals surface area contributed by atoms with E-state index >= 15 is 0 Å². The molecule has 6 heteroatoms. The number of nitroso groups, excluding NO2 is 1. The first kappa shape index (κ1) is 16.3. The number of benzene rings is 2. The molecule has 0 radical (unpaired) electrons. The van der Waals surface area contributed by atoms with E-state index in [9.17, 15) is 9.70 Å². The molecule has 0 aliphatic carbocycles. The fraction of sp³-hybridized carbons (Fsp3) is 0.222. The van der Waals surface area contributed by atoms with Gasteiger partial charge in [-0.05, 0) is 54.1 Å². The highest BCUT2D eigenvalue weighted by atomic mass is 35.5. The standard InChI is InChI=1S/C18H16ClN3O2/c1-3-11(2)17-20-16-10-13(21-24)6-9-15(16)18(23)22(17)14-7-4-12(19)5-8-14/h4-11H,3H2,1-2H3. The van der Waals surface area contributed by atoms with Crippen LogP contribution in [0.1, 0.15) is 32.0 Å². The summed E-state index contributed by atoms with van der Waals surface area (Å²) in [6.45, 7) is 4.05. The highest BCUT2D eigenvalue weighted by molar-refractivity contribution is 6.30. The van der Waals surface area contributed by atoms with Gasteiger partial charge in [0.25, 0.3) is 5.56 Å². The molecule has 3 rings (SSSR count). The molecule has 0 fully saturated rings. The van der Waals surface area contributed by atoms with Gasteiger partial charge in [0.2, 0.25) is 0 Å². The van der Waals surface area contributed by atoms with Crippen molar-refractivity contribution >= 4 is 28.2 Å². The zero-order valence-electron chi connectivity index (χ0n) is 13.4. The lowest BCUT2D eigenvalue weighted by Crippen LogP contribution is -2.25. The highest BCUT2D eigenvalue weighted by Gasteiger charge is 2.17. The maximum absolute atomic E-state index is 13.0. The Labute approximate surface area is 143 Å². The van der Waals surface area contributed by atoms with Gasteiger partial charge in [0, 0.05) is 10.9 Å². The minimum absolute atomic E-state index is 0.0747. The van der Waals surface area contributed by atoms with E-state index in [1.165, 1.54) is 6.07 Å². The lowest BCUT2D eigenvalue weighted by atomic mass is 10.1. The van der Waals surface area contributed by atoms with Gasteiger partial charge in [-0.25, -0.2) is 4.98 Å². The normalized spacial score (nSPS) is 12.3. The third-order valence-electron chi connectivity index (χ3n) is 4.12. The fourth-order valence-corrected chi connectivity index (χ4v) is 2.73. The van der Waals surface area contributed by atoms with Gasteiger partial charge in [-0.15, -0.1) is 4.91 Å². The number of hydrogen-bond donors (Lipinski definition) is 0. The van der Waals surface area contributed by atoms with Crippen LogP contribution >= 0.6 is 11.6 Å². The molecule has 1 unspecified atom stereocenters. The van der Waals surface area contributed by atoms with Gasteiger partial charge < -0.3 is 0 Å². The zero-order valence-corrected chi connectivity index (χ0v) is 14.1. The van der Waals surface area contributed by atoms with Crippen LogP contribution in [-0.4, -0.2) is 9.55 Å². The van der Waals surface area contributed by atoms with Gasteiger partial charge in [-0.3, -0.25) is 9.36 Å². The van der Waals surface area contributed by atoms with Crippen LogP contribution in [0.2, 0.25) is 5.02 Å². The molecule has 0 saturated carbocycles. The van der Waals surface area contributed by atoms with Gasteiger partial charge >= 0.3 is 0 Å². The second-order valence-corrected chi connectivity index (χ2v) is 6.13. The zero-order chi connectivity index (χ0) is 17.3. The van der Waals surface area contributed by atoms with E-state index in [0.29, 0.717) is 27.4 Å². The predicted octanol–water partition coefficient (Wildman–Crippen LogP) is 4.95. The topological polar surface area (TPSA) is 64.3 Å². The maximum Gasteiger partial charge on any atom is 0.265 e. The Hall–Kier alpha value is -2.53. The summed E-state index contributed by atoms with van der Waals surface area (Å²) in [4.78, 5) is 28.4. The summed E-state index contributed by atoms with van der Waals surface area (Å²) in [5.41, 5.74) is 1.29. The molecular formula is C18H16ClN3O2. The molecule has 1 aromatic heterocycles. The molecule has 0 saturated heterocycles. The second-order valence-electron chi connectivity index (χ2n) is 5.69. The largest absolute Gasteiger partial charge is 0.268 e. The molecular weight excluding hydrogens is 326 g/mol. The van der Waals surface area contributed by atoms with Gasteiger partial charge in [0.1, 0.15) is 11.5 Å². The van der Waals surface area contributed by atoms with Crippen LogP contribution in [0.4, 0.5) is 5.69 Å². The van der Waals surface area contributed by atoms with Crippen molar-refractivity contribution in [3.8, 4) is 5.69 Å². The lowest BCUT2D eigenvalue weighted by molar-refractivity contribution is 0.649. The van der Waals surface area contributed by atoms with E-state index in [4.69, 9.17) is 11.6 Å². The van der Waals surface area contributed by atoms with E-state index in [0.717, 1.165) is 6.42 Å². The Kier molecular flexibility index (Phi) is 4.44. The second kappa shape index (κ2) is 6.53. The van der Waals surface area contributed by atoms with E-state index in [-0.39, 0.29) is 17.2 Å². The Morgan fingerprint density at radius 3 is 2.54 bits per heavy atom. The Balaban J connectivity index is 2.37. The minimum atomic E-state index is -0.171. The summed E-state index contributed by atoms with van der Waals surface area (Å²) < 4.78 is 1.61. The summed E-state index contributed by atoms with van der Waals surface area (Å²) in [6.07, 6.45) is 0.831. The molecule has 2 aromatic carbocycles. The monoisotopic (exact) mass is 341 g/mol. The van der Waals surface area contributed by atoms with Crippen molar-refractivity contribution in [2.24, 2.45) is 5.18 Å². The molecule has 0 bridgehead atoms. The summed E-state index contributed by atoms with van der Waals surface area (Å²) >= 11 is 5.95. The van der Waals surface area contributed by atoms with Crippen molar-refractivity contribution in [1.29, 1.82) is 0 Å². The quantitative estimate of drug-likeness (QED) is 0.630. The molecule has 5 nitrogen and oxygen atoms in total. The molecule has 0 aliphatic heterocycles. The average molecular weight is 342 g/mol. The highest BCUT2D eigenvalue weighted by Crippen LogP contribution is 2.24. The average Bonchev–Trinajstić information content (AvgIpc) is 2.61. The maximum atomic E-state index is 13.0. The van der Waals surface area contributed by atoms with Crippen molar-refractivity contribution in [2.75, 3.05) is 0 Å². The number of hydrogen-bond acceptors (Lipinski definition) is 4. The number of nitrogens with zero attached hydrogens (tertiary/aromatic N) is 3. The van der Waals surface area contributed by atoms with E-state index in [1.54, 1.807) is 41.0 Å².